The average molecular weight is 433 g/mol. The third-order valence-corrected chi connectivity index (χ3v) is 5.69. The number of carbonyl (C=O) groups is 2. The SMILES string of the molecule is COc1ccccc1C1=C(Nc2cccc(Cl)c2C)C(=O)N(c2ccc(C)cc2)C1=O. The minimum absolute atomic E-state index is 0.181. The van der Waals surface area contributed by atoms with E-state index in [4.69, 9.17) is 16.3 Å². The van der Waals surface area contributed by atoms with Crippen LogP contribution in [0.15, 0.2) is 72.4 Å². The molecule has 0 saturated heterocycles. The number of imide groups is 1. The Hall–Kier alpha value is -3.57. The fourth-order valence-corrected chi connectivity index (χ4v) is 3.73. The summed E-state index contributed by atoms with van der Waals surface area (Å²) in [5.74, 6) is -0.346. The summed E-state index contributed by atoms with van der Waals surface area (Å²) in [6.45, 7) is 3.80. The predicted molar refractivity (Wildman–Crippen MR) is 123 cm³/mol. The molecule has 0 aliphatic carbocycles. The number of amides is 2. The average Bonchev–Trinajstić information content (AvgIpc) is 3.01. The summed E-state index contributed by atoms with van der Waals surface area (Å²) in [4.78, 5) is 28.2. The molecular weight excluding hydrogens is 412 g/mol. The number of benzene rings is 3. The van der Waals surface area contributed by atoms with Crippen molar-refractivity contribution in [3.05, 3.63) is 94.1 Å². The molecule has 0 saturated carbocycles. The van der Waals surface area contributed by atoms with E-state index in [1.807, 2.05) is 38.1 Å². The molecule has 3 aromatic rings. The number of carbonyl (C=O) groups excluding carboxylic acids is 2. The van der Waals surface area contributed by atoms with Gasteiger partial charge in [0.2, 0.25) is 0 Å². The third-order valence-electron chi connectivity index (χ3n) is 5.28. The van der Waals surface area contributed by atoms with Gasteiger partial charge in [-0.25, -0.2) is 4.90 Å². The zero-order chi connectivity index (χ0) is 22.1. The Morgan fingerprint density at radius 3 is 2.29 bits per heavy atom. The van der Waals surface area contributed by atoms with Crippen LogP contribution in [0.4, 0.5) is 11.4 Å². The number of para-hydroxylation sites is 1. The number of halogens is 1. The summed E-state index contributed by atoms with van der Waals surface area (Å²) in [5.41, 5.74) is 3.95. The van der Waals surface area contributed by atoms with Crippen molar-refractivity contribution in [2.75, 3.05) is 17.3 Å². The highest BCUT2D eigenvalue weighted by Gasteiger charge is 2.41. The molecule has 156 valence electrons. The highest BCUT2D eigenvalue weighted by molar-refractivity contribution is 6.46. The van der Waals surface area contributed by atoms with Crippen molar-refractivity contribution in [3.8, 4) is 5.75 Å². The summed E-state index contributed by atoms with van der Waals surface area (Å²) < 4.78 is 5.47. The molecule has 0 aromatic heterocycles. The van der Waals surface area contributed by atoms with Crippen molar-refractivity contribution < 1.29 is 14.3 Å². The fraction of sp³-hybridized carbons (Fsp3) is 0.120. The number of hydrogen-bond acceptors (Lipinski definition) is 4. The van der Waals surface area contributed by atoms with Crippen LogP contribution < -0.4 is 15.0 Å². The molecule has 4 rings (SSSR count). The van der Waals surface area contributed by atoms with Gasteiger partial charge < -0.3 is 10.1 Å². The number of ether oxygens (including phenoxy) is 1. The number of nitrogens with one attached hydrogen (secondary N) is 1. The molecule has 1 N–H and O–H groups in total. The number of anilines is 2. The van der Waals surface area contributed by atoms with Gasteiger partial charge in [0.05, 0.1) is 18.4 Å². The van der Waals surface area contributed by atoms with Gasteiger partial charge in [-0.15, -0.1) is 0 Å². The Morgan fingerprint density at radius 2 is 1.58 bits per heavy atom. The van der Waals surface area contributed by atoms with Gasteiger partial charge in [0.25, 0.3) is 11.8 Å². The summed E-state index contributed by atoms with van der Waals surface area (Å²) in [6, 6.07) is 19.8. The summed E-state index contributed by atoms with van der Waals surface area (Å²) in [7, 11) is 1.53. The smallest absolute Gasteiger partial charge is 0.282 e. The summed E-state index contributed by atoms with van der Waals surface area (Å²) in [6.07, 6.45) is 0. The maximum Gasteiger partial charge on any atom is 0.282 e. The molecule has 2 amide bonds. The van der Waals surface area contributed by atoms with Crippen molar-refractivity contribution in [2.45, 2.75) is 13.8 Å². The largest absolute Gasteiger partial charge is 0.496 e. The quantitative estimate of drug-likeness (QED) is 0.551. The van der Waals surface area contributed by atoms with E-state index in [9.17, 15) is 9.59 Å². The van der Waals surface area contributed by atoms with Crippen LogP contribution in [-0.2, 0) is 9.59 Å². The van der Waals surface area contributed by atoms with Crippen LogP contribution in [0.1, 0.15) is 16.7 Å². The molecular formula is C25H21ClN2O3. The first-order chi connectivity index (χ1) is 14.9. The molecule has 0 atom stereocenters. The Balaban J connectivity index is 1.88. The van der Waals surface area contributed by atoms with E-state index in [0.29, 0.717) is 27.7 Å². The topological polar surface area (TPSA) is 58.6 Å². The lowest BCUT2D eigenvalue weighted by atomic mass is 10.0. The maximum absolute atomic E-state index is 13.5. The summed E-state index contributed by atoms with van der Waals surface area (Å²) in [5, 5.41) is 3.74. The first-order valence-electron chi connectivity index (χ1n) is 9.77. The van der Waals surface area contributed by atoms with Crippen molar-refractivity contribution >= 4 is 40.4 Å². The molecule has 0 spiro atoms. The summed E-state index contributed by atoms with van der Waals surface area (Å²) >= 11 is 6.27. The Labute approximate surface area is 185 Å². The molecule has 1 heterocycles. The van der Waals surface area contributed by atoms with E-state index in [1.54, 1.807) is 42.5 Å². The van der Waals surface area contributed by atoms with Crippen molar-refractivity contribution in [3.63, 3.8) is 0 Å². The first-order valence-corrected chi connectivity index (χ1v) is 10.2. The monoisotopic (exact) mass is 432 g/mol. The Kier molecular flexibility index (Phi) is 5.53. The van der Waals surface area contributed by atoms with Gasteiger partial charge >= 0.3 is 0 Å². The molecule has 3 aromatic carbocycles. The van der Waals surface area contributed by atoms with E-state index in [1.165, 1.54) is 12.0 Å². The van der Waals surface area contributed by atoms with E-state index < -0.39 is 11.8 Å². The van der Waals surface area contributed by atoms with Gasteiger partial charge in [-0.05, 0) is 49.7 Å². The molecule has 0 unspecified atom stereocenters. The van der Waals surface area contributed by atoms with Crippen LogP contribution in [-0.4, -0.2) is 18.9 Å². The molecule has 0 radical (unpaired) electrons. The molecule has 5 nitrogen and oxygen atoms in total. The number of rotatable bonds is 5. The van der Waals surface area contributed by atoms with E-state index in [0.717, 1.165) is 11.1 Å². The van der Waals surface area contributed by atoms with Gasteiger partial charge in [0.1, 0.15) is 11.4 Å². The second-order valence-electron chi connectivity index (χ2n) is 7.27. The highest BCUT2D eigenvalue weighted by atomic mass is 35.5. The lowest BCUT2D eigenvalue weighted by Crippen LogP contribution is -2.32. The predicted octanol–water partition coefficient (Wildman–Crippen LogP) is 5.36. The van der Waals surface area contributed by atoms with Crippen LogP contribution >= 0.6 is 11.6 Å². The lowest BCUT2D eigenvalue weighted by molar-refractivity contribution is -0.120. The molecule has 6 heteroatoms. The van der Waals surface area contributed by atoms with E-state index in [-0.39, 0.29) is 11.3 Å². The van der Waals surface area contributed by atoms with Gasteiger partial charge in [-0.3, -0.25) is 9.59 Å². The minimum atomic E-state index is -0.436. The van der Waals surface area contributed by atoms with Gasteiger partial charge in [-0.2, -0.15) is 0 Å². The van der Waals surface area contributed by atoms with Gasteiger partial charge in [0, 0.05) is 16.3 Å². The molecule has 0 bridgehead atoms. The Morgan fingerprint density at radius 1 is 0.871 bits per heavy atom. The van der Waals surface area contributed by atoms with Crippen LogP contribution in [0.3, 0.4) is 0 Å². The molecule has 1 aliphatic heterocycles. The standard InChI is InChI=1S/C25H21ClN2O3/c1-15-11-13-17(14-12-15)28-24(29)22(18-7-4-5-10-21(18)31-3)23(25(28)30)27-20-9-6-8-19(26)16(20)2/h4-14,27H,1-3H3. The highest BCUT2D eigenvalue weighted by Crippen LogP contribution is 2.38. The Bertz CT molecular complexity index is 1220. The van der Waals surface area contributed by atoms with Crippen molar-refractivity contribution in [1.82, 2.24) is 0 Å². The van der Waals surface area contributed by atoms with Crippen LogP contribution in [0.5, 0.6) is 5.75 Å². The molecule has 1 aliphatic rings. The molecule has 0 fully saturated rings. The normalized spacial score (nSPS) is 13.7. The third kappa shape index (κ3) is 3.68. The zero-order valence-electron chi connectivity index (χ0n) is 17.4. The zero-order valence-corrected chi connectivity index (χ0v) is 18.2. The van der Waals surface area contributed by atoms with Crippen LogP contribution in [0.2, 0.25) is 5.02 Å². The van der Waals surface area contributed by atoms with Gasteiger partial charge in [-0.1, -0.05) is 53.6 Å². The second kappa shape index (κ2) is 8.28. The first kappa shape index (κ1) is 20.7. The second-order valence-corrected chi connectivity index (χ2v) is 7.68. The number of hydrogen-bond donors (Lipinski definition) is 1. The number of nitrogens with zero attached hydrogens (tertiary/aromatic N) is 1. The van der Waals surface area contributed by atoms with Crippen molar-refractivity contribution in [1.29, 1.82) is 0 Å². The minimum Gasteiger partial charge on any atom is -0.496 e. The number of methoxy groups -OCH3 is 1. The fourth-order valence-electron chi connectivity index (χ4n) is 3.55. The van der Waals surface area contributed by atoms with E-state index >= 15 is 0 Å². The number of aryl methyl sites for hydroxylation is 1. The van der Waals surface area contributed by atoms with Gasteiger partial charge in [0.15, 0.2) is 0 Å². The van der Waals surface area contributed by atoms with Crippen LogP contribution in [0.25, 0.3) is 5.57 Å². The van der Waals surface area contributed by atoms with E-state index in [2.05, 4.69) is 5.32 Å². The molecule has 31 heavy (non-hydrogen) atoms. The van der Waals surface area contributed by atoms with Crippen LogP contribution in [0, 0.1) is 13.8 Å². The van der Waals surface area contributed by atoms with Crippen molar-refractivity contribution in [2.24, 2.45) is 0 Å². The lowest BCUT2D eigenvalue weighted by Gasteiger charge is -2.16. The maximum atomic E-state index is 13.5.